The van der Waals surface area contributed by atoms with Crippen LogP contribution in [0.2, 0.25) is 0 Å². The summed E-state index contributed by atoms with van der Waals surface area (Å²) in [5, 5.41) is 0. The summed E-state index contributed by atoms with van der Waals surface area (Å²) in [7, 11) is 0. The van der Waals surface area contributed by atoms with E-state index in [2.05, 4.69) is 16.3 Å². The molecule has 0 aromatic rings. The Morgan fingerprint density at radius 1 is 1.57 bits per heavy atom. The van der Waals surface area contributed by atoms with Crippen molar-refractivity contribution in [2.45, 2.75) is 19.1 Å². The second-order valence-electron chi connectivity index (χ2n) is 1.72. The molecule has 4 nitrogen and oxygen atoms in total. The molecular formula is C3H10N4. The molecule has 1 fully saturated rings. The van der Waals surface area contributed by atoms with Gasteiger partial charge in [0, 0.05) is 6.04 Å². The van der Waals surface area contributed by atoms with Gasteiger partial charge in [0.2, 0.25) is 0 Å². The first-order chi connectivity index (χ1) is 3.34. The summed E-state index contributed by atoms with van der Waals surface area (Å²) in [6.07, 6.45) is 0.250. The molecule has 1 rings (SSSR count). The lowest BCUT2D eigenvalue weighted by Gasteiger charge is -2.35. The molecule has 1 unspecified atom stereocenters. The summed E-state index contributed by atoms with van der Waals surface area (Å²) in [6, 6.07) is 0.449. The highest BCUT2D eigenvalue weighted by Gasteiger charge is 2.22. The standard InChI is InChI=1S/C3H10N4/c1-2-3(5-4)7-6-2/h2-3,5-7H,4H2,1H3/t2?,3-/m1/s1. The second-order valence-corrected chi connectivity index (χ2v) is 1.72. The third-order valence-corrected chi connectivity index (χ3v) is 1.15. The maximum atomic E-state index is 5.07. The molecule has 2 atom stereocenters. The number of hydrazine groups is 2. The Morgan fingerprint density at radius 2 is 2.29 bits per heavy atom. The largest absolute Gasteiger partial charge is 0.270 e. The minimum atomic E-state index is 0.250. The van der Waals surface area contributed by atoms with Crippen LogP contribution in [0.5, 0.6) is 0 Å². The van der Waals surface area contributed by atoms with Crippen molar-refractivity contribution < 1.29 is 0 Å². The average Bonchev–Trinajstić information content (AvgIpc) is 1.65. The third kappa shape index (κ3) is 0.733. The van der Waals surface area contributed by atoms with E-state index < -0.39 is 0 Å². The smallest absolute Gasteiger partial charge is 0.0992 e. The molecule has 0 aromatic heterocycles. The number of rotatable bonds is 1. The quantitative estimate of drug-likeness (QED) is 0.235. The Balaban J connectivity index is 2.16. The van der Waals surface area contributed by atoms with Gasteiger partial charge in [-0.25, -0.2) is 10.9 Å². The van der Waals surface area contributed by atoms with E-state index in [1.807, 2.05) is 6.92 Å². The molecule has 0 aliphatic carbocycles. The molecule has 0 saturated carbocycles. The van der Waals surface area contributed by atoms with Gasteiger partial charge in [-0.15, -0.1) is 0 Å². The first-order valence-corrected chi connectivity index (χ1v) is 2.32. The highest BCUT2D eigenvalue weighted by molar-refractivity contribution is 4.79. The van der Waals surface area contributed by atoms with Crippen LogP contribution in [0, 0.1) is 0 Å². The van der Waals surface area contributed by atoms with Crippen molar-refractivity contribution in [3.05, 3.63) is 0 Å². The van der Waals surface area contributed by atoms with Gasteiger partial charge in [0.1, 0.15) is 0 Å². The van der Waals surface area contributed by atoms with Gasteiger partial charge in [-0.1, -0.05) is 0 Å². The first kappa shape index (κ1) is 4.99. The molecule has 0 amide bonds. The maximum absolute atomic E-state index is 5.07. The van der Waals surface area contributed by atoms with Gasteiger partial charge >= 0.3 is 0 Å². The monoisotopic (exact) mass is 102 g/mol. The molecule has 1 aliphatic heterocycles. The van der Waals surface area contributed by atoms with E-state index in [1.54, 1.807) is 0 Å². The molecule has 42 valence electrons. The summed E-state index contributed by atoms with van der Waals surface area (Å²) < 4.78 is 0. The van der Waals surface area contributed by atoms with Crippen LogP contribution in [-0.2, 0) is 0 Å². The number of nitrogens with two attached hydrogens (primary N) is 1. The van der Waals surface area contributed by atoms with Crippen molar-refractivity contribution in [3.63, 3.8) is 0 Å². The second kappa shape index (κ2) is 1.75. The van der Waals surface area contributed by atoms with E-state index in [-0.39, 0.29) is 6.17 Å². The number of hydrogen-bond donors (Lipinski definition) is 4. The first-order valence-electron chi connectivity index (χ1n) is 2.32. The van der Waals surface area contributed by atoms with E-state index in [0.29, 0.717) is 6.04 Å². The van der Waals surface area contributed by atoms with Crippen LogP contribution in [0.15, 0.2) is 0 Å². The molecule has 5 N–H and O–H groups in total. The van der Waals surface area contributed by atoms with Gasteiger partial charge < -0.3 is 0 Å². The van der Waals surface area contributed by atoms with Gasteiger partial charge in [0.05, 0.1) is 6.17 Å². The minimum absolute atomic E-state index is 0.250. The molecule has 0 spiro atoms. The van der Waals surface area contributed by atoms with Crippen LogP contribution in [0.25, 0.3) is 0 Å². The van der Waals surface area contributed by atoms with E-state index in [9.17, 15) is 0 Å². The van der Waals surface area contributed by atoms with Gasteiger partial charge in [0.15, 0.2) is 0 Å². The van der Waals surface area contributed by atoms with E-state index in [1.165, 1.54) is 0 Å². The number of hydrogen-bond acceptors (Lipinski definition) is 4. The van der Waals surface area contributed by atoms with Crippen LogP contribution >= 0.6 is 0 Å². The predicted octanol–water partition coefficient (Wildman–Crippen LogP) is -1.73. The van der Waals surface area contributed by atoms with E-state index in [4.69, 9.17) is 5.84 Å². The normalized spacial score (nSPS) is 40.3. The molecule has 0 aromatic carbocycles. The molecule has 1 saturated heterocycles. The fourth-order valence-corrected chi connectivity index (χ4v) is 0.519. The fourth-order valence-electron chi connectivity index (χ4n) is 0.519. The lowest BCUT2D eigenvalue weighted by atomic mass is 10.2. The maximum Gasteiger partial charge on any atom is 0.0992 e. The van der Waals surface area contributed by atoms with Crippen molar-refractivity contribution in [1.82, 2.24) is 16.3 Å². The topological polar surface area (TPSA) is 62.1 Å². The lowest BCUT2D eigenvalue weighted by Crippen LogP contribution is -2.72. The summed E-state index contributed by atoms with van der Waals surface area (Å²) in [6.45, 7) is 2.04. The van der Waals surface area contributed by atoms with Gasteiger partial charge in [-0.2, -0.15) is 0 Å². The van der Waals surface area contributed by atoms with Crippen molar-refractivity contribution in [3.8, 4) is 0 Å². The van der Waals surface area contributed by atoms with Crippen LogP contribution in [0.4, 0.5) is 0 Å². The predicted molar refractivity (Wildman–Crippen MR) is 26.8 cm³/mol. The lowest BCUT2D eigenvalue weighted by molar-refractivity contribution is 0.178. The Morgan fingerprint density at radius 3 is 2.29 bits per heavy atom. The molecule has 0 bridgehead atoms. The highest BCUT2D eigenvalue weighted by atomic mass is 15.6. The Labute approximate surface area is 42.4 Å². The third-order valence-electron chi connectivity index (χ3n) is 1.15. The van der Waals surface area contributed by atoms with E-state index >= 15 is 0 Å². The minimum Gasteiger partial charge on any atom is -0.270 e. The molecule has 1 heterocycles. The van der Waals surface area contributed by atoms with Gasteiger partial charge in [-0.3, -0.25) is 11.3 Å². The van der Waals surface area contributed by atoms with Crippen LogP contribution < -0.4 is 22.1 Å². The van der Waals surface area contributed by atoms with E-state index in [0.717, 1.165) is 0 Å². The zero-order chi connectivity index (χ0) is 5.28. The van der Waals surface area contributed by atoms with Crippen LogP contribution in [0.1, 0.15) is 6.92 Å². The molecule has 0 radical (unpaired) electrons. The van der Waals surface area contributed by atoms with Crippen molar-refractivity contribution in [2.24, 2.45) is 5.84 Å². The zero-order valence-corrected chi connectivity index (χ0v) is 4.23. The van der Waals surface area contributed by atoms with Crippen molar-refractivity contribution >= 4 is 0 Å². The van der Waals surface area contributed by atoms with Crippen molar-refractivity contribution in [2.75, 3.05) is 0 Å². The Bertz CT molecular complexity index is 62.0. The average molecular weight is 102 g/mol. The Hall–Kier alpha value is -0.160. The summed E-state index contributed by atoms with van der Waals surface area (Å²) in [5.41, 5.74) is 8.35. The fraction of sp³-hybridized carbons (Fsp3) is 1.00. The molecule has 7 heavy (non-hydrogen) atoms. The Kier molecular flexibility index (Phi) is 1.25. The SMILES string of the molecule is CC1NN[C@H]1NN. The van der Waals surface area contributed by atoms with Gasteiger partial charge in [-0.05, 0) is 6.92 Å². The highest BCUT2D eigenvalue weighted by Crippen LogP contribution is 1.92. The van der Waals surface area contributed by atoms with Gasteiger partial charge in [0.25, 0.3) is 0 Å². The van der Waals surface area contributed by atoms with Crippen LogP contribution in [-0.4, -0.2) is 12.2 Å². The number of nitrogens with one attached hydrogen (secondary N) is 3. The zero-order valence-electron chi connectivity index (χ0n) is 4.23. The summed E-state index contributed by atoms with van der Waals surface area (Å²) >= 11 is 0. The summed E-state index contributed by atoms with van der Waals surface area (Å²) in [4.78, 5) is 0. The van der Waals surface area contributed by atoms with Crippen LogP contribution in [0.3, 0.4) is 0 Å². The molecule has 4 heteroatoms. The van der Waals surface area contributed by atoms with Crippen molar-refractivity contribution in [1.29, 1.82) is 0 Å². The molecule has 1 aliphatic rings. The summed E-state index contributed by atoms with van der Waals surface area (Å²) in [5.74, 6) is 5.07. The molecular weight excluding hydrogens is 92.1 g/mol.